The Kier molecular flexibility index (Phi) is 24.5. The lowest BCUT2D eigenvalue weighted by Crippen LogP contribution is -1.97. The van der Waals surface area contributed by atoms with Crippen molar-refractivity contribution in [1.29, 1.82) is 0 Å². The molecule has 0 bridgehead atoms. The van der Waals surface area contributed by atoms with Crippen LogP contribution in [0.4, 0.5) is 0 Å². The van der Waals surface area contributed by atoms with Crippen LogP contribution in [0.15, 0.2) is 24.3 Å². The van der Waals surface area contributed by atoms with Crippen molar-refractivity contribution in [3.05, 3.63) is 24.3 Å². The molecule has 1 aliphatic carbocycles. The van der Waals surface area contributed by atoms with Gasteiger partial charge in [0.15, 0.2) is 0 Å². The average Bonchev–Trinajstić information content (AvgIpc) is 2.87. The molecule has 2 heteroatoms. The van der Waals surface area contributed by atoms with Crippen molar-refractivity contribution < 1.29 is 9.59 Å². The van der Waals surface area contributed by atoms with Crippen LogP contribution >= 0.6 is 0 Å². The number of allylic oxidation sites excluding steroid dienone is 4. The summed E-state index contributed by atoms with van der Waals surface area (Å²) in [6, 6.07) is 0. The fourth-order valence-corrected chi connectivity index (χ4v) is 5.18. The summed E-state index contributed by atoms with van der Waals surface area (Å²) in [5.41, 5.74) is 0. The Bertz CT molecular complexity index is 466. The zero-order chi connectivity index (χ0) is 25.8. The predicted molar refractivity (Wildman–Crippen MR) is 158 cm³/mol. The summed E-state index contributed by atoms with van der Waals surface area (Å²) < 4.78 is 0. The van der Waals surface area contributed by atoms with Crippen LogP contribution in [0.25, 0.3) is 0 Å². The topological polar surface area (TPSA) is 34.1 Å². The largest absolute Gasteiger partial charge is 0.300 e. The molecule has 2 nitrogen and oxygen atoms in total. The van der Waals surface area contributed by atoms with Crippen LogP contribution in [0.5, 0.6) is 0 Å². The Morgan fingerprint density at radius 1 is 0.278 bits per heavy atom. The van der Waals surface area contributed by atoms with Gasteiger partial charge in [-0.1, -0.05) is 101 Å². The molecule has 0 radical (unpaired) electrons. The summed E-state index contributed by atoms with van der Waals surface area (Å²) in [4.78, 5) is 24.2. The Morgan fingerprint density at radius 2 is 0.472 bits per heavy atom. The number of Topliss-reactive ketones (excluding diaryl/α,β-unsaturated/α-hetero) is 2. The third-order valence-corrected chi connectivity index (χ3v) is 7.64. The molecular formula is C34H60O2. The molecule has 0 atom stereocenters. The molecular weight excluding hydrogens is 440 g/mol. The van der Waals surface area contributed by atoms with Gasteiger partial charge in [0.2, 0.25) is 0 Å². The summed E-state index contributed by atoms with van der Waals surface area (Å²) in [6.45, 7) is 0. The predicted octanol–water partition coefficient (Wildman–Crippen LogP) is 11.2. The van der Waals surface area contributed by atoms with Crippen LogP contribution in [0.2, 0.25) is 0 Å². The van der Waals surface area contributed by atoms with Crippen molar-refractivity contribution in [3.8, 4) is 0 Å². The molecule has 0 aliphatic heterocycles. The van der Waals surface area contributed by atoms with E-state index in [1.807, 2.05) is 0 Å². The fraction of sp³-hybridized carbons (Fsp3) is 0.824. The monoisotopic (exact) mass is 500 g/mol. The van der Waals surface area contributed by atoms with E-state index in [2.05, 4.69) is 24.3 Å². The number of ketones is 2. The van der Waals surface area contributed by atoms with E-state index in [-0.39, 0.29) is 0 Å². The summed E-state index contributed by atoms with van der Waals surface area (Å²) in [7, 11) is 0. The normalized spacial score (nSPS) is 22.6. The second kappa shape index (κ2) is 26.9. The molecule has 0 aromatic carbocycles. The lowest BCUT2D eigenvalue weighted by atomic mass is 10.0. The number of rotatable bonds is 0. The SMILES string of the molecule is O=C1CCCCCCCC=CCCCCCCCC(=O)CCCCCCCC=CCCCCCCC1. The van der Waals surface area contributed by atoms with E-state index in [9.17, 15) is 9.59 Å². The van der Waals surface area contributed by atoms with Gasteiger partial charge in [-0.05, 0) is 77.0 Å². The van der Waals surface area contributed by atoms with Gasteiger partial charge in [-0.25, -0.2) is 0 Å². The molecule has 0 amide bonds. The molecule has 0 aromatic rings. The summed E-state index contributed by atoms with van der Waals surface area (Å²) in [6.07, 6.45) is 42.2. The first-order valence-electron chi connectivity index (χ1n) is 16.1. The zero-order valence-corrected chi connectivity index (χ0v) is 23.9. The highest BCUT2D eigenvalue weighted by Gasteiger charge is 2.03. The van der Waals surface area contributed by atoms with Crippen LogP contribution in [0.3, 0.4) is 0 Å². The van der Waals surface area contributed by atoms with Gasteiger partial charge in [0.05, 0.1) is 0 Å². The summed E-state index contributed by atoms with van der Waals surface area (Å²) in [5, 5.41) is 0. The Balaban J connectivity index is 2.17. The van der Waals surface area contributed by atoms with Crippen molar-refractivity contribution in [2.24, 2.45) is 0 Å². The van der Waals surface area contributed by atoms with E-state index in [1.54, 1.807) is 0 Å². The van der Waals surface area contributed by atoms with Gasteiger partial charge in [0.25, 0.3) is 0 Å². The molecule has 0 saturated carbocycles. The minimum absolute atomic E-state index is 0.492. The van der Waals surface area contributed by atoms with Crippen molar-refractivity contribution >= 4 is 11.6 Å². The van der Waals surface area contributed by atoms with Crippen LogP contribution in [-0.4, -0.2) is 11.6 Å². The number of hydrogen-bond donors (Lipinski definition) is 0. The first-order chi connectivity index (χ1) is 17.8. The molecule has 0 unspecified atom stereocenters. The second-order valence-corrected chi connectivity index (χ2v) is 11.2. The van der Waals surface area contributed by atoms with Crippen molar-refractivity contribution in [1.82, 2.24) is 0 Å². The van der Waals surface area contributed by atoms with Crippen LogP contribution in [0, 0.1) is 0 Å². The molecule has 0 aromatic heterocycles. The molecule has 0 heterocycles. The molecule has 0 spiro atoms. The average molecular weight is 501 g/mol. The van der Waals surface area contributed by atoms with E-state index >= 15 is 0 Å². The lowest BCUT2D eigenvalue weighted by molar-refractivity contribution is -0.120. The standard InChI is InChI=1S/C34H60O2/c35-33-29-25-21-17-13-9-5-1-2-6-10-14-18-22-26-30-34(36)32-28-24-20-16-12-8-4-3-7-11-15-19-23-27-31-33/h1-4H,5-32H2. The molecule has 0 fully saturated rings. The zero-order valence-electron chi connectivity index (χ0n) is 23.9. The number of hydrogen-bond acceptors (Lipinski definition) is 2. The van der Waals surface area contributed by atoms with Crippen molar-refractivity contribution in [2.75, 3.05) is 0 Å². The van der Waals surface area contributed by atoms with E-state index < -0.39 is 0 Å². The highest BCUT2D eigenvalue weighted by Crippen LogP contribution is 2.14. The molecule has 208 valence electrons. The van der Waals surface area contributed by atoms with Gasteiger partial charge in [-0.2, -0.15) is 0 Å². The summed E-state index contributed by atoms with van der Waals surface area (Å²) >= 11 is 0. The highest BCUT2D eigenvalue weighted by atomic mass is 16.1. The Morgan fingerprint density at radius 3 is 0.722 bits per heavy atom. The maximum absolute atomic E-state index is 12.1. The molecule has 0 N–H and O–H groups in total. The van der Waals surface area contributed by atoms with E-state index in [4.69, 9.17) is 0 Å². The van der Waals surface area contributed by atoms with E-state index in [0.29, 0.717) is 11.6 Å². The fourth-order valence-electron chi connectivity index (χ4n) is 5.18. The first kappa shape index (κ1) is 32.8. The van der Waals surface area contributed by atoms with Crippen LogP contribution in [0.1, 0.15) is 180 Å². The van der Waals surface area contributed by atoms with E-state index in [1.165, 1.54) is 128 Å². The van der Waals surface area contributed by atoms with Crippen LogP contribution < -0.4 is 0 Å². The maximum Gasteiger partial charge on any atom is 0.132 e. The van der Waals surface area contributed by atoms with Gasteiger partial charge in [0, 0.05) is 25.7 Å². The van der Waals surface area contributed by atoms with E-state index in [0.717, 1.165) is 51.4 Å². The van der Waals surface area contributed by atoms with Crippen molar-refractivity contribution in [2.45, 2.75) is 180 Å². The Labute approximate surface area is 225 Å². The van der Waals surface area contributed by atoms with Gasteiger partial charge in [-0.15, -0.1) is 0 Å². The molecule has 1 aliphatic rings. The van der Waals surface area contributed by atoms with Gasteiger partial charge >= 0.3 is 0 Å². The first-order valence-corrected chi connectivity index (χ1v) is 16.1. The quantitative estimate of drug-likeness (QED) is 0.310. The van der Waals surface area contributed by atoms with Gasteiger partial charge in [0.1, 0.15) is 11.6 Å². The highest BCUT2D eigenvalue weighted by molar-refractivity contribution is 5.78. The summed E-state index contributed by atoms with van der Waals surface area (Å²) in [5.74, 6) is 0.984. The van der Waals surface area contributed by atoms with Gasteiger partial charge < -0.3 is 0 Å². The third-order valence-electron chi connectivity index (χ3n) is 7.64. The molecule has 1 rings (SSSR count). The third kappa shape index (κ3) is 24.5. The minimum Gasteiger partial charge on any atom is -0.300 e. The lowest BCUT2D eigenvalue weighted by Gasteiger charge is -2.03. The van der Waals surface area contributed by atoms with Gasteiger partial charge in [-0.3, -0.25) is 9.59 Å². The second-order valence-electron chi connectivity index (χ2n) is 11.2. The number of carbonyl (C=O) groups is 2. The smallest absolute Gasteiger partial charge is 0.132 e. The number of carbonyl (C=O) groups excluding carboxylic acids is 2. The Hall–Kier alpha value is -1.18. The van der Waals surface area contributed by atoms with Crippen LogP contribution in [-0.2, 0) is 9.59 Å². The minimum atomic E-state index is 0.492. The van der Waals surface area contributed by atoms with Crippen molar-refractivity contribution in [3.63, 3.8) is 0 Å². The molecule has 36 heavy (non-hydrogen) atoms. The maximum atomic E-state index is 12.1. The molecule has 0 saturated heterocycles.